The lowest BCUT2D eigenvalue weighted by atomic mass is 10.1. The summed E-state index contributed by atoms with van der Waals surface area (Å²) in [6.45, 7) is 4.93. The Morgan fingerprint density at radius 1 is 0.842 bits per heavy atom. The number of carbonyl (C=O) groups is 1. The van der Waals surface area contributed by atoms with Gasteiger partial charge in [-0.3, -0.25) is 4.79 Å². The van der Waals surface area contributed by atoms with Crippen LogP contribution in [0.2, 0.25) is 0 Å². The summed E-state index contributed by atoms with van der Waals surface area (Å²) in [5.41, 5.74) is 0. The lowest BCUT2D eigenvalue weighted by Crippen LogP contribution is -2.05. The summed E-state index contributed by atoms with van der Waals surface area (Å²) in [6.07, 6.45) is 16.8. The summed E-state index contributed by atoms with van der Waals surface area (Å²) in [6, 6.07) is 0. The average Bonchev–Trinajstić information content (AvgIpc) is 2.41. The minimum atomic E-state index is -0.0306. The molecule has 0 saturated heterocycles. The van der Waals surface area contributed by atoms with Crippen molar-refractivity contribution in [2.75, 3.05) is 6.61 Å². The Hall–Kier alpha value is -0.790. The normalized spacial score (nSPS) is 11.1. The van der Waals surface area contributed by atoms with E-state index in [1.807, 2.05) is 0 Å². The van der Waals surface area contributed by atoms with Crippen molar-refractivity contribution in [3.05, 3.63) is 12.2 Å². The molecule has 0 spiro atoms. The van der Waals surface area contributed by atoms with Crippen LogP contribution in [0.1, 0.15) is 84.5 Å². The lowest BCUT2D eigenvalue weighted by molar-refractivity contribution is -0.143. The fraction of sp³-hybridized carbons (Fsp3) is 0.824. The Bertz CT molecular complexity index is 221. The van der Waals surface area contributed by atoms with Crippen LogP contribution < -0.4 is 0 Å². The van der Waals surface area contributed by atoms with E-state index in [-0.39, 0.29) is 5.97 Å². The quantitative estimate of drug-likeness (QED) is 0.253. The zero-order valence-corrected chi connectivity index (χ0v) is 13.0. The Morgan fingerprint density at radius 3 is 2.11 bits per heavy atom. The van der Waals surface area contributed by atoms with Gasteiger partial charge >= 0.3 is 5.97 Å². The van der Waals surface area contributed by atoms with Crippen molar-refractivity contribution in [3.8, 4) is 0 Å². The summed E-state index contributed by atoms with van der Waals surface area (Å²) in [5, 5.41) is 0. The highest BCUT2D eigenvalue weighted by Crippen LogP contribution is 2.06. The van der Waals surface area contributed by atoms with Crippen molar-refractivity contribution >= 4 is 5.97 Å². The summed E-state index contributed by atoms with van der Waals surface area (Å²) in [7, 11) is 0. The molecule has 0 aromatic rings. The molecule has 0 amide bonds. The Balaban J connectivity index is 3.20. The molecule has 0 radical (unpaired) electrons. The third-order valence-corrected chi connectivity index (χ3v) is 3.15. The molecule has 0 bridgehead atoms. The van der Waals surface area contributed by atoms with Gasteiger partial charge in [-0.1, -0.05) is 51.7 Å². The summed E-state index contributed by atoms with van der Waals surface area (Å²) in [5.74, 6) is -0.0306. The van der Waals surface area contributed by atoms with Crippen molar-refractivity contribution in [1.82, 2.24) is 0 Å². The molecule has 0 aliphatic carbocycles. The van der Waals surface area contributed by atoms with Gasteiger partial charge in [0, 0.05) is 6.42 Å². The number of carbonyl (C=O) groups excluding carboxylic acids is 1. The lowest BCUT2D eigenvalue weighted by Gasteiger charge is -2.02. The van der Waals surface area contributed by atoms with Crippen LogP contribution in [0.4, 0.5) is 0 Å². The van der Waals surface area contributed by atoms with Gasteiger partial charge in [-0.2, -0.15) is 0 Å². The first-order chi connectivity index (χ1) is 9.31. The first-order valence-corrected chi connectivity index (χ1v) is 8.11. The molecule has 0 N–H and O–H groups in total. The van der Waals surface area contributed by atoms with Crippen LogP contribution in [0.25, 0.3) is 0 Å². The second-order valence-electron chi connectivity index (χ2n) is 5.14. The minimum Gasteiger partial charge on any atom is -0.466 e. The molecule has 0 atom stereocenters. The number of allylic oxidation sites excluding steroid dienone is 2. The SMILES string of the molecule is CCCCCC/C=C/CCCCC(=O)OCCCC. The molecule has 2 heteroatoms. The van der Waals surface area contributed by atoms with Crippen LogP contribution in [0.5, 0.6) is 0 Å². The largest absolute Gasteiger partial charge is 0.466 e. The molecule has 2 nitrogen and oxygen atoms in total. The predicted molar refractivity (Wildman–Crippen MR) is 82.2 cm³/mol. The molecule has 112 valence electrons. The van der Waals surface area contributed by atoms with Gasteiger partial charge in [0.2, 0.25) is 0 Å². The van der Waals surface area contributed by atoms with E-state index < -0.39 is 0 Å². The van der Waals surface area contributed by atoms with Crippen LogP contribution in [0, 0.1) is 0 Å². The van der Waals surface area contributed by atoms with E-state index in [2.05, 4.69) is 26.0 Å². The first-order valence-electron chi connectivity index (χ1n) is 8.11. The molecular weight excluding hydrogens is 236 g/mol. The molecule has 0 aromatic carbocycles. The summed E-state index contributed by atoms with van der Waals surface area (Å²) in [4.78, 5) is 11.3. The second-order valence-corrected chi connectivity index (χ2v) is 5.14. The van der Waals surface area contributed by atoms with Gasteiger partial charge in [-0.25, -0.2) is 0 Å². The summed E-state index contributed by atoms with van der Waals surface area (Å²) >= 11 is 0. The number of unbranched alkanes of at least 4 members (excludes halogenated alkanes) is 7. The molecule has 0 unspecified atom stereocenters. The van der Waals surface area contributed by atoms with E-state index in [4.69, 9.17) is 4.74 Å². The maximum atomic E-state index is 11.3. The standard InChI is InChI=1S/C17H32O2/c1-3-5-7-8-9-10-11-12-13-14-15-17(18)19-16-6-4-2/h10-11H,3-9,12-16H2,1-2H3/b11-10+. The van der Waals surface area contributed by atoms with Crippen molar-refractivity contribution in [2.24, 2.45) is 0 Å². The van der Waals surface area contributed by atoms with Crippen molar-refractivity contribution in [1.29, 1.82) is 0 Å². The zero-order valence-electron chi connectivity index (χ0n) is 13.0. The van der Waals surface area contributed by atoms with Gasteiger partial charge in [0.1, 0.15) is 0 Å². The molecule has 0 fully saturated rings. The molecule has 0 aromatic heterocycles. The first kappa shape index (κ1) is 18.2. The molecular formula is C17H32O2. The summed E-state index contributed by atoms with van der Waals surface area (Å²) < 4.78 is 5.11. The van der Waals surface area contributed by atoms with Gasteiger partial charge < -0.3 is 4.74 Å². The van der Waals surface area contributed by atoms with Gasteiger partial charge in [-0.05, 0) is 38.5 Å². The van der Waals surface area contributed by atoms with E-state index in [9.17, 15) is 4.79 Å². The fourth-order valence-corrected chi connectivity index (χ4v) is 1.86. The Morgan fingerprint density at radius 2 is 1.47 bits per heavy atom. The Labute approximate surface area is 119 Å². The van der Waals surface area contributed by atoms with Crippen molar-refractivity contribution in [2.45, 2.75) is 84.5 Å². The number of ether oxygens (including phenoxy) is 1. The van der Waals surface area contributed by atoms with E-state index >= 15 is 0 Å². The fourth-order valence-electron chi connectivity index (χ4n) is 1.86. The highest BCUT2D eigenvalue weighted by Gasteiger charge is 2.00. The monoisotopic (exact) mass is 268 g/mol. The minimum absolute atomic E-state index is 0.0306. The van der Waals surface area contributed by atoms with Gasteiger partial charge in [-0.15, -0.1) is 0 Å². The number of rotatable bonds is 13. The maximum absolute atomic E-state index is 11.3. The topological polar surface area (TPSA) is 26.3 Å². The molecule has 0 heterocycles. The highest BCUT2D eigenvalue weighted by molar-refractivity contribution is 5.69. The molecule has 0 saturated carbocycles. The van der Waals surface area contributed by atoms with Gasteiger partial charge in [0.05, 0.1) is 6.61 Å². The number of hydrogen-bond acceptors (Lipinski definition) is 2. The van der Waals surface area contributed by atoms with Crippen molar-refractivity contribution in [3.63, 3.8) is 0 Å². The molecule has 19 heavy (non-hydrogen) atoms. The van der Waals surface area contributed by atoms with Crippen LogP contribution in [-0.2, 0) is 9.53 Å². The molecule has 0 rings (SSSR count). The van der Waals surface area contributed by atoms with Gasteiger partial charge in [0.25, 0.3) is 0 Å². The number of hydrogen-bond donors (Lipinski definition) is 0. The van der Waals surface area contributed by atoms with Crippen LogP contribution in [0.15, 0.2) is 12.2 Å². The third kappa shape index (κ3) is 15.2. The molecule has 0 aliphatic heterocycles. The number of esters is 1. The van der Waals surface area contributed by atoms with Crippen LogP contribution >= 0.6 is 0 Å². The smallest absolute Gasteiger partial charge is 0.305 e. The van der Waals surface area contributed by atoms with E-state index in [1.165, 1.54) is 32.1 Å². The van der Waals surface area contributed by atoms with Crippen LogP contribution in [-0.4, -0.2) is 12.6 Å². The molecule has 0 aliphatic rings. The van der Waals surface area contributed by atoms with Crippen molar-refractivity contribution < 1.29 is 9.53 Å². The van der Waals surface area contributed by atoms with E-state index in [1.54, 1.807) is 0 Å². The zero-order chi connectivity index (χ0) is 14.2. The highest BCUT2D eigenvalue weighted by atomic mass is 16.5. The predicted octanol–water partition coefficient (Wildman–Crippen LogP) is 5.42. The second kappa shape index (κ2) is 15.3. The van der Waals surface area contributed by atoms with E-state index in [0.29, 0.717) is 13.0 Å². The van der Waals surface area contributed by atoms with Gasteiger partial charge in [0.15, 0.2) is 0 Å². The van der Waals surface area contributed by atoms with E-state index in [0.717, 1.165) is 32.1 Å². The Kier molecular flexibility index (Phi) is 14.6. The maximum Gasteiger partial charge on any atom is 0.305 e. The third-order valence-electron chi connectivity index (χ3n) is 3.15. The van der Waals surface area contributed by atoms with Crippen LogP contribution in [0.3, 0.4) is 0 Å². The average molecular weight is 268 g/mol.